The van der Waals surface area contributed by atoms with E-state index in [4.69, 9.17) is 5.26 Å². The van der Waals surface area contributed by atoms with E-state index in [1.807, 2.05) is 13.8 Å². The SMILES string of the molecule is CCN(CC)C(=O)c1cccc(NC(=O)Cn2cnc(C#N)n2)c1. The normalized spacial score (nSPS) is 10.0. The van der Waals surface area contributed by atoms with E-state index in [0.717, 1.165) is 0 Å². The zero-order chi connectivity index (χ0) is 17.5. The van der Waals surface area contributed by atoms with Gasteiger partial charge in [0.1, 0.15) is 18.9 Å². The lowest BCUT2D eigenvalue weighted by atomic mass is 10.1. The largest absolute Gasteiger partial charge is 0.339 e. The summed E-state index contributed by atoms with van der Waals surface area (Å²) in [6.45, 7) is 5.02. The average Bonchev–Trinajstić information content (AvgIpc) is 3.03. The lowest BCUT2D eigenvalue weighted by molar-refractivity contribution is -0.116. The minimum Gasteiger partial charge on any atom is -0.339 e. The number of nitrogens with zero attached hydrogens (tertiary/aromatic N) is 5. The predicted molar refractivity (Wildman–Crippen MR) is 87.1 cm³/mol. The predicted octanol–water partition coefficient (Wildman–Crippen LogP) is 1.27. The zero-order valence-electron chi connectivity index (χ0n) is 13.6. The van der Waals surface area contributed by atoms with Crippen molar-refractivity contribution in [2.24, 2.45) is 0 Å². The Balaban J connectivity index is 2.04. The fourth-order valence-electron chi connectivity index (χ4n) is 2.19. The summed E-state index contributed by atoms with van der Waals surface area (Å²) in [4.78, 5) is 29.8. The van der Waals surface area contributed by atoms with Crippen LogP contribution in [0, 0.1) is 11.3 Å². The molecule has 0 bridgehead atoms. The van der Waals surface area contributed by atoms with Gasteiger partial charge in [-0.3, -0.25) is 9.59 Å². The van der Waals surface area contributed by atoms with Crippen LogP contribution in [-0.2, 0) is 11.3 Å². The molecule has 2 rings (SSSR count). The number of rotatable bonds is 6. The second-order valence-electron chi connectivity index (χ2n) is 4.98. The van der Waals surface area contributed by atoms with E-state index in [1.165, 1.54) is 11.0 Å². The van der Waals surface area contributed by atoms with E-state index in [1.54, 1.807) is 35.2 Å². The Morgan fingerprint density at radius 2 is 2.08 bits per heavy atom. The Morgan fingerprint density at radius 1 is 1.33 bits per heavy atom. The molecule has 0 aliphatic carbocycles. The number of hydrogen-bond donors (Lipinski definition) is 1. The first kappa shape index (κ1) is 17.1. The minimum absolute atomic E-state index is 0.00890. The van der Waals surface area contributed by atoms with Crippen molar-refractivity contribution in [2.75, 3.05) is 18.4 Å². The van der Waals surface area contributed by atoms with Crippen LogP contribution in [0.2, 0.25) is 0 Å². The monoisotopic (exact) mass is 326 g/mol. The molecule has 1 aromatic heterocycles. The molecule has 1 heterocycles. The van der Waals surface area contributed by atoms with Gasteiger partial charge in [-0.2, -0.15) is 5.26 Å². The van der Waals surface area contributed by atoms with Gasteiger partial charge in [0.05, 0.1) is 0 Å². The van der Waals surface area contributed by atoms with Gasteiger partial charge >= 0.3 is 0 Å². The van der Waals surface area contributed by atoms with Crippen LogP contribution in [0.15, 0.2) is 30.6 Å². The molecule has 124 valence electrons. The van der Waals surface area contributed by atoms with Crippen LogP contribution in [0.25, 0.3) is 0 Å². The van der Waals surface area contributed by atoms with Crippen LogP contribution in [0.3, 0.4) is 0 Å². The van der Waals surface area contributed by atoms with Gasteiger partial charge in [-0.25, -0.2) is 9.67 Å². The Hall–Kier alpha value is -3.21. The van der Waals surface area contributed by atoms with Gasteiger partial charge in [-0.05, 0) is 32.0 Å². The van der Waals surface area contributed by atoms with Gasteiger partial charge in [-0.1, -0.05) is 6.07 Å². The van der Waals surface area contributed by atoms with E-state index >= 15 is 0 Å². The molecule has 0 unspecified atom stereocenters. The van der Waals surface area contributed by atoms with Gasteiger partial charge < -0.3 is 10.2 Å². The van der Waals surface area contributed by atoms with Gasteiger partial charge in [0.2, 0.25) is 5.91 Å². The topological polar surface area (TPSA) is 104 Å². The second-order valence-corrected chi connectivity index (χ2v) is 4.98. The van der Waals surface area contributed by atoms with Crippen molar-refractivity contribution >= 4 is 17.5 Å². The van der Waals surface area contributed by atoms with Gasteiger partial charge in [-0.15, -0.1) is 5.10 Å². The van der Waals surface area contributed by atoms with Crippen LogP contribution in [0.1, 0.15) is 30.0 Å². The third kappa shape index (κ3) is 4.16. The summed E-state index contributed by atoms with van der Waals surface area (Å²) in [5, 5.41) is 15.2. The fourth-order valence-corrected chi connectivity index (χ4v) is 2.19. The summed E-state index contributed by atoms with van der Waals surface area (Å²) in [5.41, 5.74) is 1.04. The minimum atomic E-state index is -0.322. The summed E-state index contributed by atoms with van der Waals surface area (Å²) >= 11 is 0. The fraction of sp³-hybridized carbons (Fsp3) is 0.312. The molecule has 0 saturated carbocycles. The highest BCUT2D eigenvalue weighted by Gasteiger charge is 2.13. The van der Waals surface area contributed by atoms with E-state index in [0.29, 0.717) is 24.3 Å². The number of anilines is 1. The average molecular weight is 326 g/mol. The van der Waals surface area contributed by atoms with Crippen molar-refractivity contribution in [2.45, 2.75) is 20.4 Å². The Kier molecular flexibility index (Phi) is 5.63. The highest BCUT2D eigenvalue weighted by atomic mass is 16.2. The third-order valence-corrected chi connectivity index (χ3v) is 3.39. The van der Waals surface area contributed by atoms with Crippen LogP contribution in [-0.4, -0.2) is 44.6 Å². The molecule has 1 aromatic carbocycles. The second kappa shape index (κ2) is 7.87. The van der Waals surface area contributed by atoms with Crippen molar-refractivity contribution in [3.8, 4) is 6.07 Å². The molecule has 2 amide bonds. The van der Waals surface area contributed by atoms with Gasteiger partial charge in [0.15, 0.2) is 0 Å². The molecule has 0 saturated heterocycles. The maximum atomic E-state index is 12.3. The number of amides is 2. The van der Waals surface area contributed by atoms with Crippen LogP contribution < -0.4 is 5.32 Å². The quantitative estimate of drug-likeness (QED) is 0.861. The number of aromatic nitrogens is 3. The molecule has 2 aromatic rings. The number of carbonyl (C=O) groups is 2. The Morgan fingerprint density at radius 3 is 2.71 bits per heavy atom. The summed E-state index contributed by atoms with van der Waals surface area (Å²) in [7, 11) is 0. The van der Waals surface area contributed by atoms with E-state index in [9.17, 15) is 9.59 Å². The summed E-state index contributed by atoms with van der Waals surface area (Å²) < 4.78 is 1.28. The molecule has 0 radical (unpaired) electrons. The third-order valence-electron chi connectivity index (χ3n) is 3.39. The number of benzene rings is 1. The van der Waals surface area contributed by atoms with Crippen LogP contribution in [0.5, 0.6) is 0 Å². The molecule has 24 heavy (non-hydrogen) atoms. The smallest absolute Gasteiger partial charge is 0.253 e. The highest BCUT2D eigenvalue weighted by Crippen LogP contribution is 2.13. The number of nitriles is 1. The number of carbonyl (C=O) groups excluding carboxylic acids is 2. The summed E-state index contributed by atoms with van der Waals surface area (Å²) in [6.07, 6.45) is 1.32. The van der Waals surface area contributed by atoms with Crippen molar-refractivity contribution in [3.63, 3.8) is 0 Å². The van der Waals surface area contributed by atoms with Crippen LogP contribution in [0.4, 0.5) is 5.69 Å². The van der Waals surface area contributed by atoms with Crippen LogP contribution >= 0.6 is 0 Å². The molecule has 0 atom stereocenters. The first-order chi connectivity index (χ1) is 11.6. The van der Waals surface area contributed by atoms with Crippen molar-refractivity contribution in [1.29, 1.82) is 5.26 Å². The van der Waals surface area contributed by atoms with E-state index in [-0.39, 0.29) is 24.2 Å². The Labute approximate surface area is 139 Å². The standard InChI is InChI=1S/C16H18N6O2/c1-3-21(4-2)16(24)12-6-5-7-13(8-12)19-15(23)10-22-11-18-14(9-17)20-22/h5-8,11H,3-4,10H2,1-2H3,(H,19,23). The molecular formula is C16H18N6O2. The highest BCUT2D eigenvalue weighted by molar-refractivity contribution is 5.97. The first-order valence-corrected chi connectivity index (χ1v) is 7.56. The maximum absolute atomic E-state index is 12.3. The van der Waals surface area contributed by atoms with Gasteiger partial charge in [0.25, 0.3) is 11.7 Å². The molecule has 0 spiro atoms. The molecule has 0 aliphatic rings. The van der Waals surface area contributed by atoms with Crippen molar-refractivity contribution < 1.29 is 9.59 Å². The summed E-state index contributed by atoms with van der Waals surface area (Å²) in [6, 6.07) is 8.57. The zero-order valence-corrected chi connectivity index (χ0v) is 13.6. The number of hydrogen-bond acceptors (Lipinski definition) is 5. The lowest BCUT2D eigenvalue weighted by Crippen LogP contribution is -2.30. The lowest BCUT2D eigenvalue weighted by Gasteiger charge is -2.19. The molecule has 1 N–H and O–H groups in total. The Bertz CT molecular complexity index is 773. The van der Waals surface area contributed by atoms with Crippen molar-refractivity contribution in [1.82, 2.24) is 19.7 Å². The molecule has 8 heteroatoms. The molecule has 0 aliphatic heterocycles. The molecule has 0 fully saturated rings. The summed E-state index contributed by atoms with van der Waals surface area (Å²) in [5.74, 6) is -0.391. The maximum Gasteiger partial charge on any atom is 0.253 e. The molecular weight excluding hydrogens is 308 g/mol. The van der Waals surface area contributed by atoms with Crippen molar-refractivity contribution in [3.05, 3.63) is 42.0 Å². The van der Waals surface area contributed by atoms with E-state index < -0.39 is 0 Å². The number of nitrogens with one attached hydrogen (secondary N) is 1. The van der Waals surface area contributed by atoms with E-state index in [2.05, 4.69) is 15.4 Å². The molecule has 8 nitrogen and oxygen atoms in total. The van der Waals surface area contributed by atoms with Gasteiger partial charge in [0, 0.05) is 24.3 Å². The first-order valence-electron chi connectivity index (χ1n) is 7.56.